The lowest BCUT2D eigenvalue weighted by Gasteiger charge is -2.41. The van der Waals surface area contributed by atoms with Crippen LogP contribution in [0.25, 0.3) is 43.8 Å². The second-order valence-corrected chi connectivity index (χ2v) is 28.3. The van der Waals surface area contributed by atoms with Crippen LogP contribution >= 0.6 is 0 Å². The van der Waals surface area contributed by atoms with Gasteiger partial charge in [0.05, 0.1) is 0 Å². The number of benzene rings is 9. The minimum Gasteiger partial charge on any atom is -0.311 e. The van der Waals surface area contributed by atoms with Crippen molar-refractivity contribution in [3.8, 4) is 22.3 Å². The Bertz CT molecular complexity index is 3060. The van der Waals surface area contributed by atoms with Crippen LogP contribution in [0.2, 0.25) is 26.2 Å². The van der Waals surface area contributed by atoms with Crippen molar-refractivity contribution in [1.82, 2.24) is 0 Å². The van der Waals surface area contributed by atoms with Crippen LogP contribution in [0.1, 0.15) is 33.4 Å². The fraction of sp³-hybridized carbons (Fsp3) is 0.167. The maximum absolute atomic E-state index is 2.54. The zero-order valence-electron chi connectivity index (χ0n) is 38.9. The third kappa shape index (κ3) is 5.88. The Morgan fingerprint density at radius 1 is 0.312 bits per heavy atom. The van der Waals surface area contributed by atoms with Crippen molar-refractivity contribution in [3.63, 3.8) is 0 Å². The lowest BCUT2D eigenvalue weighted by molar-refractivity contribution is 1.27. The Morgan fingerprint density at radius 3 is 0.891 bits per heavy atom. The molecule has 0 saturated heterocycles. The summed E-state index contributed by atoms with van der Waals surface area (Å²) in [5.74, 6) is 0. The van der Waals surface area contributed by atoms with Gasteiger partial charge in [-0.05, 0) is 188 Å². The lowest BCUT2D eigenvalue weighted by atomic mass is 9.83. The maximum atomic E-state index is 2.54. The summed E-state index contributed by atoms with van der Waals surface area (Å²) in [6, 6.07) is 61.0. The Balaban J connectivity index is 1.27. The SMILES string of the molecule is Cc1cc(-c2c3ccc(N4c5ccccc5[Si](C)(C)c5ccccc54)cc3c(-c3cc(C)c(C)c(C)c3)c3ccc(N4c5ccccc5[Si](C)(C)c5ccccc54)cc23)cc(C)c1C. The molecule has 9 aromatic rings. The molecule has 0 unspecified atom stereocenters. The van der Waals surface area contributed by atoms with Crippen molar-refractivity contribution in [3.05, 3.63) is 191 Å². The highest BCUT2D eigenvalue weighted by Gasteiger charge is 2.40. The van der Waals surface area contributed by atoms with Crippen LogP contribution in [0, 0.1) is 41.5 Å². The number of rotatable bonds is 4. The molecule has 0 amide bonds. The van der Waals surface area contributed by atoms with Gasteiger partial charge in [0.1, 0.15) is 16.1 Å². The summed E-state index contributed by atoms with van der Waals surface area (Å²) in [4.78, 5) is 5.09. The molecular formula is C60H56N2Si2. The molecule has 0 aromatic heterocycles. The van der Waals surface area contributed by atoms with Gasteiger partial charge in [-0.3, -0.25) is 0 Å². The van der Waals surface area contributed by atoms with Gasteiger partial charge in [0, 0.05) is 34.1 Å². The van der Waals surface area contributed by atoms with E-state index in [1.54, 1.807) is 0 Å². The predicted molar refractivity (Wildman–Crippen MR) is 284 cm³/mol. The molecule has 0 spiro atoms. The monoisotopic (exact) mass is 860 g/mol. The van der Waals surface area contributed by atoms with Crippen molar-refractivity contribution in [2.75, 3.05) is 9.80 Å². The Morgan fingerprint density at radius 2 is 0.594 bits per heavy atom. The summed E-state index contributed by atoms with van der Waals surface area (Å²) in [6.45, 7) is 23.6. The third-order valence-electron chi connectivity index (χ3n) is 15.3. The average molecular weight is 861 g/mol. The van der Waals surface area contributed by atoms with Gasteiger partial charge >= 0.3 is 0 Å². The smallest absolute Gasteiger partial charge is 0.117 e. The molecule has 314 valence electrons. The number of hydrogen-bond donors (Lipinski definition) is 0. The van der Waals surface area contributed by atoms with Crippen molar-refractivity contribution >= 4 is 92.6 Å². The van der Waals surface area contributed by atoms with E-state index >= 15 is 0 Å². The van der Waals surface area contributed by atoms with Crippen LogP contribution in [-0.2, 0) is 0 Å². The maximum Gasteiger partial charge on any atom is 0.117 e. The van der Waals surface area contributed by atoms with Gasteiger partial charge in [-0.1, -0.05) is 135 Å². The first-order valence-corrected chi connectivity index (χ1v) is 28.9. The highest BCUT2D eigenvalue weighted by Crippen LogP contribution is 2.50. The number of hydrogen-bond acceptors (Lipinski definition) is 2. The van der Waals surface area contributed by atoms with Crippen molar-refractivity contribution in [1.29, 1.82) is 0 Å². The van der Waals surface area contributed by atoms with E-state index in [1.165, 1.54) is 132 Å². The molecule has 0 radical (unpaired) electrons. The van der Waals surface area contributed by atoms with Crippen molar-refractivity contribution in [2.24, 2.45) is 0 Å². The van der Waals surface area contributed by atoms with Gasteiger partial charge in [0.2, 0.25) is 0 Å². The van der Waals surface area contributed by atoms with Crippen LogP contribution in [-0.4, -0.2) is 16.1 Å². The minimum absolute atomic E-state index is 1.19. The van der Waals surface area contributed by atoms with Gasteiger partial charge in [-0.15, -0.1) is 0 Å². The first kappa shape index (κ1) is 40.3. The molecule has 9 aromatic carbocycles. The molecule has 2 nitrogen and oxygen atoms in total. The molecule has 2 aliphatic heterocycles. The summed E-state index contributed by atoms with van der Waals surface area (Å²) in [7, 11) is -3.92. The Hall–Kier alpha value is -6.47. The van der Waals surface area contributed by atoms with E-state index in [0.717, 1.165) is 0 Å². The number of aryl methyl sites for hydroxylation is 4. The zero-order valence-corrected chi connectivity index (χ0v) is 40.9. The summed E-state index contributed by atoms with van der Waals surface area (Å²) >= 11 is 0. The second-order valence-electron chi connectivity index (χ2n) is 19.7. The molecule has 4 heteroatoms. The molecule has 0 saturated carbocycles. The summed E-state index contributed by atoms with van der Waals surface area (Å²) in [5, 5.41) is 11.0. The van der Waals surface area contributed by atoms with E-state index < -0.39 is 16.1 Å². The van der Waals surface area contributed by atoms with Gasteiger partial charge in [0.25, 0.3) is 0 Å². The molecule has 64 heavy (non-hydrogen) atoms. The molecule has 0 N–H and O–H groups in total. The molecule has 0 bridgehead atoms. The third-order valence-corrected chi connectivity index (χ3v) is 22.4. The molecule has 2 heterocycles. The number of para-hydroxylation sites is 4. The average Bonchev–Trinajstić information content (AvgIpc) is 3.29. The molecule has 0 fully saturated rings. The van der Waals surface area contributed by atoms with Gasteiger partial charge in [-0.25, -0.2) is 0 Å². The molecule has 2 aliphatic rings. The summed E-state index contributed by atoms with van der Waals surface area (Å²) in [5.41, 5.74) is 20.6. The number of nitrogens with zero attached hydrogens (tertiary/aromatic N) is 2. The summed E-state index contributed by atoms with van der Waals surface area (Å²) < 4.78 is 0. The topological polar surface area (TPSA) is 6.48 Å². The highest BCUT2D eigenvalue weighted by molar-refractivity contribution is 7.03. The molecule has 0 atom stereocenters. The first-order chi connectivity index (χ1) is 30.8. The summed E-state index contributed by atoms with van der Waals surface area (Å²) in [6.07, 6.45) is 0. The highest BCUT2D eigenvalue weighted by atomic mass is 28.3. The Kier molecular flexibility index (Phi) is 9.15. The van der Waals surface area contributed by atoms with Crippen LogP contribution < -0.4 is 30.5 Å². The standard InChI is InChI=1S/C60H56N2Si2/c1-37-31-43(32-38(2)41(37)5)59-47-29-27-46(62-53-21-13-17-25-57(53)64(9,10)58-26-18-14-22-54(58)62)36-50(47)60(44-33-39(3)42(6)40(4)34-44)48-30-28-45(35-49(48)59)61-51-19-11-15-23-55(51)63(7,8)56-24-16-12-20-52(56)61/h11-36H,1-10H3. The van der Waals surface area contributed by atoms with Gasteiger partial charge in [-0.2, -0.15) is 0 Å². The fourth-order valence-electron chi connectivity index (χ4n) is 11.4. The second kappa shape index (κ2) is 14.5. The number of fused-ring (bicyclic) bond motifs is 6. The fourth-order valence-corrected chi connectivity index (χ4v) is 17.3. The quantitative estimate of drug-likeness (QED) is 0.128. The Labute approximate surface area is 381 Å². The molecular weight excluding hydrogens is 805 g/mol. The normalized spacial score (nSPS) is 14.6. The minimum atomic E-state index is -1.96. The van der Waals surface area contributed by atoms with Crippen molar-refractivity contribution in [2.45, 2.75) is 67.7 Å². The van der Waals surface area contributed by atoms with E-state index in [4.69, 9.17) is 0 Å². The molecule has 0 aliphatic carbocycles. The van der Waals surface area contributed by atoms with E-state index in [0.29, 0.717) is 0 Å². The van der Waals surface area contributed by atoms with Crippen LogP contribution in [0.3, 0.4) is 0 Å². The largest absolute Gasteiger partial charge is 0.311 e. The number of anilines is 6. The lowest BCUT2D eigenvalue weighted by Crippen LogP contribution is -2.58. The van der Waals surface area contributed by atoms with Crippen LogP contribution in [0.5, 0.6) is 0 Å². The van der Waals surface area contributed by atoms with E-state index in [9.17, 15) is 0 Å². The molecule has 11 rings (SSSR count). The van der Waals surface area contributed by atoms with Gasteiger partial charge in [0.15, 0.2) is 0 Å². The van der Waals surface area contributed by atoms with Crippen molar-refractivity contribution < 1.29 is 0 Å². The van der Waals surface area contributed by atoms with E-state index in [1.807, 2.05) is 0 Å². The zero-order chi connectivity index (χ0) is 44.4. The van der Waals surface area contributed by atoms with E-state index in [-0.39, 0.29) is 0 Å². The first-order valence-electron chi connectivity index (χ1n) is 22.9. The predicted octanol–water partition coefficient (Wildman–Crippen LogP) is 14.4. The van der Waals surface area contributed by atoms with Crippen LogP contribution in [0.4, 0.5) is 34.1 Å². The van der Waals surface area contributed by atoms with E-state index in [2.05, 4.69) is 235 Å². The van der Waals surface area contributed by atoms with Gasteiger partial charge < -0.3 is 9.80 Å². The van der Waals surface area contributed by atoms with Crippen LogP contribution in [0.15, 0.2) is 158 Å².